The molecule has 0 aliphatic heterocycles. The van der Waals surface area contributed by atoms with Crippen molar-refractivity contribution < 1.29 is 36.2 Å². The van der Waals surface area contributed by atoms with Crippen LogP contribution in [0.5, 0.6) is 11.5 Å². The highest BCUT2D eigenvalue weighted by molar-refractivity contribution is 7.86. The third kappa shape index (κ3) is 6.10. The van der Waals surface area contributed by atoms with Crippen LogP contribution >= 0.6 is 0 Å². The maximum Gasteiger partial charge on any atom is 0.295 e. The van der Waals surface area contributed by atoms with Crippen molar-refractivity contribution in [2.75, 3.05) is 11.5 Å². The van der Waals surface area contributed by atoms with E-state index in [4.69, 9.17) is 11.5 Å². The molecule has 0 saturated heterocycles. The Balaban J connectivity index is 1.24. The molecule has 8 N–H and O–H groups in total. The summed E-state index contributed by atoms with van der Waals surface area (Å²) in [5, 5.41) is 37.1. The van der Waals surface area contributed by atoms with Gasteiger partial charge in [-0.15, -0.1) is 10.2 Å². The number of phenols is 2. The zero-order valence-corrected chi connectivity index (χ0v) is 26.1. The molecule has 0 aromatic heterocycles. The summed E-state index contributed by atoms with van der Waals surface area (Å²) >= 11 is 0. The number of nitrogen functional groups attached to an aromatic ring is 2. The summed E-state index contributed by atoms with van der Waals surface area (Å²) in [5.41, 5.74) is 14.6. The molecule has 16 heteroatoms. The average molecular weight is 685 g/mol. The van der Waals surface area contributed by atoms with Crippen molar-refractivity contribution in [1.29, 1.82) is 0 Å². The zero-order valence-electron chi connectivity index (χ0n) is 24.4. The fraction of sp³-hybridized carbons (Fsp3) is 0. The molecule has 6 rings (SSSR count). The van der Waals surface area contributed by atoms with Crippen molar-refractivity contribution in [2.45, 2.75) is 9.79 Å². The van der Waals surface area contributed by atoms with E-state index in [0.29, 0.717) is 11.4 Å². The van der Waals surface area contributed by atoms with Gasteiger partial charge in [-0.25, -0.2) is 0 Å². The average Bonchev–Trinajstić information content (AvgIpc) is 3.03. The summed E-state index contributed by atoms with van der Waals surface area (Å²) in [4.78, 5) is -0.949. The van der Waals surface area contributed by atoms with Crippen LogP contribution in [0.1, 0.15) is 0 Å². The standard InChI is InChI=1S/C32H24N6O8S2/c33-31-23(15-27(47(41,42)43)21-3-1-5-25(39)29(21)31)37-35-19-11-7-17(8-12-19)18-9-13-20(14-10-18)36-38-24-16-28(48(44,45)46)22-4-2-6-26(40)30(22)32(24)34/h1-16,39-40H,33-34H2,(H,41,42,43)(H,44,45,46)/b37-35+,38-36+. The number of phenolic OH excluding ortho intramolecular Hbond substituents is 2. The molecular formula is C32H24N6O8S2. The summed E-state index contributed by atoms with van der Waals surface area (Å²) in [5.74, 6) is -0.568. The van der Waals surface area contributed by atoms with Crippen molar-refractivity contribution >= 4 is 75.9 Å². The van der Waals surface area contributed by atoms with Gasteiger partial charge in [0.1, 0.15) is 32.7 Å². The van der Waals surface area contributed by atoms with E-state index < -0.39 is 30.0 Å². The lowest BCUT2D eigenvalue weighted by Gasteiger charge is -2.10. The largest absolute Gasteiger partial charge is 0.507 e. The molecule has 0 aliphatic carbocycles. The van der Waals surface area contributed by atoms with E-state index in [1.54, 1.807) is 48.5 Å². The second-order valence-electron chi connectivity index (χ2n) is 10.5. The van der Waals surface area contributed by atoms with Crippen LogP contribution in [0.4, 0.5) is 34.1 Å². The topological polar surface area (TPSA) is 251 Å². The summed E-state index contributed by atoms with van der Waals surface area (Å²) in [7, 11) is -9.34. The van der Waals surface area contributed by atoms with E-state index >= 15 is 0 Å². The molecule has 0 aliphatic rings. The van der Waals surface area contributed by atoms with Crippen LogP contribution in [-0.2, 0) is 20.2 Å². The molecular weight excluding hydrogens is 661 g/mol. The monoisotopic (exact) mass is 684 g/mol. The van der Waals surface area contributed by atoms with Crippen LogP contribution < -0.4 is 11.5 Å². The van der Waals surface area contributed by atoms with Crippen LogP contribution in [0, 0.1) is 0 Å². The maximum atomic E-state index is 12.0. The molecule has 0 bridgehead atoms. The summed E-state index contributed by atoms with van der Waals surface area (Å²) in [6.07, 6.45) is 0. The normalized spacial score (nSPS) is 12.5. The lowest BCUT2D eigenvalue weighted by atomic mass is 10.1. The molecule has 48 heavy (non-hydrogen) atoms. The molecule has 0 heterocycles. The Kier molecular flexibility index (Phi) is 8.01. The molecule has 6 aromatic carbocycles. The lowest BCUT2D eigenvalue weighted by Crippen LogP contribution is -2.01. The minimum absolute atomic E-state index is 0.0165. The highest BCUT2D eigenvalue weighted by atomic mass is 32.2. The highest BCUT2D eigenvalue weighted by Gasteiger charge is 2.22. The van der Waals surface area contributed by atoms with E-state index in [9.17, 15) is 36.2 Å². The second-order valence-corrected chi connectivity index (χ2v) is 13.2. The number of fused-ring (bicyclic) bond motifs is 2. The first-order valence-electron chi connectivity index (χ1n) is 13.8. The van der Waals surface area contributed by atoms with Crippen LogP contribution in [0.15, 0.2) is 127 Å². The molecule has 14 nitrogen and oxygen atoms in total. The number of hydrogen-bond donors (Lipinski definition) is 6. The van der Waals surface area contributed by atoms with Gasteiger partial charge < -0.3 is 21.7 Å². The van der Waals surface area contributed by atoms with Gasteiger partial charge in [0.2, 0.25) is 0 Å². The lowest BCUT2D eigenvalue weighted by molar-refractivity contribution is 0.479. The van der Waals surface area contributed by atoms with Gasteiger partial charge in [-0.1, -0.05) is 48.5 Å². The van der Waals surface area contributed by atoms with Crippen molar-refractivity contribution in [3.05, 3.63) is 97.1 Å². The van der Waals surface area contributed by atoms with Gasteiger partial charge in [0, 0.05) is 10.8 Å². The van der Waals surface area contributed by atoms with Crippen LogP contribution in [0.25, 0.3) is 32.7 Å². The number of aromatic hydroxyl groups is 2. The fourth-order valence-electron chi connectivity index (χ4n) is 5.13. The van der Waals surface area contributed by atoms with Gasteiger partial charge in [-0.05, 0) is 59.7 Å². The van der Waals surface area contributed by atoms with Crippen LogP contribution in [0.3, 0.4) is 0 Å². The first-order valence-corrected chi connectivity index (χ1v) is 16.7. The molecule has 0 radical (unpaired) electrons. The minimum atomic E-state index is -4.67. The van der Waals surface area contributed by atoms with Crippen molar-refractivity contribution in [3.8, 4) is 22.6 Å². The Morgan fingerprint density at radius 1 is 0.500 bits per heavy atom. The molecule has 6 aromatic rings. The van der Waals surface area contributed by atoms with Gasteiger partial charge in [0.25, 0.3) is 20.2 Å². The first-order chi connectivity index (χ1) is 22.7. The zero-order chi connectivity index (χ0) is 34.4. The maximum absolute atomic E-state index is 12.0. The van der Waals surface area contributed by atoms with E-state index in [2.05, 4.69) is 20.5 Å². The van der Waals surface area contributed by atoms with Crippen molar-refractivity contribution in [2.24, 2.45) is 20.5 Å². The minimum Gasteiger partial charge on any atom is -0.507 e. The Hall–Kier alpha value is -5.94. The predicted molar refractivity (Wildman–Crippen MR) is 180 cm³/mol. The first kappa shape index (κ1) is 32.0. The van der Waals surface area contributed by atoms with E-state index in [1.807, 2.05) is 0 Å². The van der Waals surface area contributed by atoms with E-state index in [-0.39, 0.29) is 55.8 Å². The smallest absolute Gasteiger partial charge is 0.295 e. The number of anilines is 2. The number of nitrogens with zero attached hydrogens (tertiary/aromatic N) is 4. The van der Waals surface area contributed by atoms with E-state index in [1.165, 1.54) is 36.4 Å². The molecule has 242 valence electrons. The molecule has 0 amide bonds. The molecule has 0 atom stereocenters. The summed E-state index contributed by atoms with van der Waals surface area (Å²) in [6.45, 7) is 0. The number of nitrogens with two attached hydrogens (primary N) is 2. The van der Waals surface area contributed by atoms with Crippen molar-refractivity contribution in [1.82, 2.24) is 0 Å². The number of benzene rings is 6. The number of azo groups is 2. The van der Waals surface area contributed by atoms with Crippen molar-refractivity contribution in [3.63, 3.8) is 0 Å². The second kappa shape index (κ2) is 12.0. The molecule has 0 spiro atoms. The molecule has 0 fully saturated rings. The van der Waals surface area contributed by atoms with Gasteiger partial charge in [0.05, 0.1) is 33.5 Å². The Morgan fingerprint density at radius 3 is 1.19 bits per heavy atom. The highest BCUT2D eigenvalue weighted by Crippen LogP contribution is 2.42. The fourth-order valence-corrected chi connectivity index (χ4v) is 6.55. The van der Waals surface area contributed by atoms with Crippen LogP contribution in [-0.4, -0.2) is 36.2 Å². The Labute approximate surface area is 272 Å². The predicted octanol–water partition coefficient (Wildman–Crippen LogP) is 7.56. The molecule has 0 saturated carbocycles. The van der Waals surface area contributed by atoms with Gasteiger partial charge in [0.15, 0.2) is 0 Å². The summed E-state index contributed by atoms with van der Waals surface area (Å²) < 4.78 is 67.5. The molecule has 0 unspecified atom stereocenters. The SMILES string of the molecule is Nc1c(/N=N/c2ccc(-c3ccc(/N=N/c4cc(S(=O)(=O)O)c5cccc(O)c5c4N)cc3)cc2)cc(S(=O)(=O)O)c2cccc(O)c12. The van der Waals surface area contributed by atoms with Gasteiger partial charge >= 0.3 is 0 Å². The number of hydrogen-bond acceptors (Lipinski definition) is 12. The third-order valence-corrected chi connectivity index (χ3v) is 9.20. The third-order valence-electron chi connectivity index (χ3n) is 7.41. The quantitative estimate of drug-likeness (QED) is 0.0546. The number of rotatable bonds is 7. The Bertz CT molecular complexity index is 2360. The van der Waals surface area contributed by atoms with Crippen LogP contribution in [0.2, 0.25) is 0 Å². The van der Waals surface area contributed by atoms with E-state index in [0.717, 1.165) is 23.3 Å². The van der Waals surface area contributed by atoms with Gasteiger partial charge in [-0.3, -0.25) is 9.11 Å². The summed E-state index contributed by atoms with van der Waals surface area (Å²) in [6, 6.07) is 24.2. The Morgan fingerprint density at radius 2 is 0.854 bits per heavy atom. The van der Waals surface area contributed by atoms with Gasteiger partial charge in [-0.2, -0.15) is 27.1 Å².